The number of halogens is 2. The Labute approximate surface area is 116 Å². The SMILES string of the molecule is COc1nc(Nc2ccccc2Br)ncc1Br. The molecule has 0 amide bonds. The molecule has 0 spiro atoms. The van der Waals surface area contributed by atoms with Crippen molar-refractivity contribution in [2.75, 3.05) is 12.4 Å². The standard InChI is InChI=1S/C11H9Br2N3O/c1-17-10-8(13)6-14-11(16-10)15-9-5-3-2-4-7(9)12/h2-6H,1H3,(H,14,15,16). The molecule has 0 atom stereocenters. The highest BCUT2D eigenvalue weighted by atomic mass is 79.9. The van der Waals surface area contributed by atoms with Crippen LogP contribution in [0, 0.1) is 0 Å². The Morgan fingerprint density at radius 2 is 1.94 bits per heavy atom. The van der Waals surface area contributed by atoms with Gasteiger partial charge in [-0.25, -0.2) is 4.98 Å². The van der Waals surface area contributed by atoms with Crippen molar-refractivity contribution >= 4 is 43.5 Å². The monoisotopic (exact) mass is 357 g/mol. The average Bonchev–Trinajstić information content (AvgIpc) is 2.34. The van der Waals surface area contributed by atoms with Crippen molar-refractivity contribution in [2.45, 2.75) is 0 Å². The maximum atomic E-state index is 5.10. The van der Waals surface area contributed by atoms with Gasteiger partial charge in [-0.2, -0.15) is 4.98 Å². The van der Waals surface area contributed by atoms with Crippen molar-refractivity contribution < 1.29 is 4.74 Å². The van der Waals surface area contributed by atoms with E-state index < -0.39 is 0 Å². The molecule has 0 unspecified atom stereocenters. The van der Waals surface area contributed by atoms with Gasteiger partial charge in [-0.15, -0.1) is 0 Å². The van der Waals surface area contributed by atoms with Crippen molar-refractivity contribution in [1.82, 2.24) is 9.97 Å². The van der Waals surface area contributed by atoms with Crippen LogP contribution in [0.1, 0.15) is 0 Å². The minimum Gasteiger partial charge on any atom is -0.480 e. The fraction of sp³-hybridized carbons (Fsp3) is 0.0909. The molecule has 0 saturated heterocycles. The van der Waals surface area contributed by atoms with Crippen LogP contribution in [-0.2, 0) is 0 Å². The summed E-state index contributed by atoms with van der Waals surface area (Å²) in [7, 11) is 1.56. The third-order valence-corrected chi connectivity index (χ3v) is 3.26. The molecule has 1 aromatic heterocycles. The van der Waals surface area contributed by atoms with E-state index in [1.165, 1.54) is 0 Å². The molecule has 0 saturated carbocycles. The van der Waals surface area contributed by atoms with Crippen LogP contribution >= 0.6 is 31.9 Å². The molecular weight excluding hydrogens is 350 g/mol. The van der Waals surface area contributed by atoms with E-state index in [4.69, 9.17) is 4.74 Å². The predicted molar refractivity (Wildman–Crippen MR) is 73.7 cm³/mol. The highest BCUT2D eigenvalue weighted by molar-refractivity contribution is 9.11. The molecule has 2 rings (SSSR count). The molecule has 2 aromatic rings. The number of benzene rings is 1. The maximum absolute atomic E-state index is 5.10. The third-order valence-electron chi connectivity index (χ3n) is 2.03. The highest BCUT2D eigenvalue weighted by Crippen LogP contribution is 2.26. The largest absolute Gasteiger partial charge is 0.480 e. The van der Waals surface area contributed by atoms with Crippen LogP contribution in [0.4, 0.5) is 11.6 Å². The molecule has 6 heteroatoms. The van der Waals surface area contributed by atoms with Crippen LogP contribution in [0.3, 0.4) is 0 Å². The summed E-state index contributed by atoms with van der Waals surface area (Å²) in [6.45, 7) is 0. The van der Waals surface area contributed by atoms with Gasteiger partial charge in [-0.3, -0.25) is 0 Å². The zero-order valence-corrected chi connectivity index (χ0v) is 12.1. The highest BCUT2D eigenvalue weighted by Gasteiger charge is 2.06. The molecule has 0 radical (unpaired) electrons. The number of nitrogens with one attached hydrogen (secondary N) is 1. The molecular formula is C11H9Br2N3O. The summed E-state index contributed by atoms with van der Waals surface area (Å²) in [6, 6.07) is 7.75. The molecule has 1 heterocycles. The lowest BCUT2D eigenvalue weighted by atomic mass is 10.3. The molecule has 0 aliphatic heterocycles. The quantitative estimate of drug-likeness (QED) is 0.907. The van der Waals surface area contributed by atoms with Gasteiger partial charge >= 0.3 is 0 Å². The van der Waals surface area contributed by atoms with E-state index in [0.29, 0.717) is 11.8 Å². The second kappa shape index (κ2) is 5.46. The minimum absolute atomic E-state index is 0.483. The van der Waals surface area contributed by atoms with Crippen LogP contribution in [0.5, 0.6) is 5.88 Å². The van der Waals surface area contributed by atoms with E-state index in [2.05, 4.69) is 47.1 Å². The fourth-order valence-electron chi connectivity index (χ4n) is 1.24. The topological polar surface area (TPSA) is 47.0 Å². The number of ether oxygens (including phenoxy) is 1. The van der Waals surface area contributed by atoms with Gasteiger partial charge in [0.05, 0.1) is 23.5 Å². The van der Waals surface area contributed by atoms with Gasteiger partial charge in [0.15, 0.2) is 0 Å². The number of aromatic nitrogens is 2. The lowest BCUT2D eigenvalue weighted by Crippen LogP contribution is -1.99. The fourth-order valence-corrected chi connectivity index (χ4v) is 1.97. The second-order valence-corrected chi connectivity index (χ2v) is 4.86. The Morgan fingerprint density at radius 1 is 1.18 bits per heavy atom. The van der Waals surface area contributed by atoms with E-state index in [1.807, 2.05) is 24.3 Å². The normalized spacial score (nSPS) is 10.1. The van der Waals surface area contributed by atoms with E-state index in [9.17, 15) is 0 Å². The summed E-state index contributed by atoms with van der Waals surface area (Å²) in [5.41, 5.74) is 0.900. The van der Waals surface area contributed by atoms with Crippen LogP contribution in [0.2, 0.25) is 0 Å². The number of nitrogens with zero attached hydrogens (tertiary/aromatic N) is 2. The summed E-state index contributed by atoms with van der Waals surface area (Å²) in [6.07, 6.45) is 1.64. The number of para-hydroxylation sites is 1. The van der Waals surface area contributed by atoms with E-state index in [-0.39, 0.29) is 0 Å². The van der Waals surface area contributed by atoms with Gasteiger partial charge in [0, 0.05) is 4.47 Å². The average molecular weight is 359 g/mol. The molecule has 88 valence electrons. The van der Waals surface area contributed by atoms with Crippen molar-refractivity contribution in [2.24, 2.45) is 0 Å². The number of hydrogen-bond acceptors (Lipinski definition) is 4. The van der Waals surface area contributed by atoms with E-state index >= 15 is 0 Å². The predicted octanol–water partition coefficient (Wildman–Crippen LogP) is 3.75. The van der Waals surface area contributed by atoms with Gasteiger partial charge in [0.25, 0.3) is 0 Å². The molecule has 4 nitrogen and oxygen atoms in total. The second-order valence-electron chi connectivity index (χ2n) is 3.16. The Balaban J connectivity index is 2.28. The van der Waals surface area contributed by atoms with E-state index in [0.717, 1.165) is 14.6 Å². The van der Waals surface area contributed by atoms with E-state index in [1.54, 1.807) is 13.3 Å². The van der Waals surface area contributed by atoms with Crippen LogP contribution < -0.4 is 10.1 Å². The van der Waals surface area contributed by atoms with Crippen LogP contribution in [-0.4, -0.2) is 17.1 Å². The molecule has 0 aliphatic carbocycles. The molecule has 17 heavy (non-hydrogen) atoms. The molecule has 0 bridgehead atoms. The van der Waals surface area contributed by atoms with Crippen molar-refractivity contribution in [3.63, 3.8) is 0 Å². The molecule has 0 aliphatic rings. The van der Waals surface area contributed by atoms with Gasteiger partial charge < -0.3 is 10.1 Å². The zero-order valence-electron chi connectivity index (χ0n) is 8.95. The van der Waals surface area contributed by atoms with Crippen molar-refractivity contribution in [3.05, 3.63) is 39.4 Å². The summed E-state index contributed by atoms with van der Waals surface area (Å²) >= 11 is 6.75. The summed E-state index contributed by atoms with van der Waals surface area (Å²) in [4.78, 5) is 8.37. The number of hydrogen-bond donors (Lipinski definition) is 1. The Morgan fingerprint density at radius 3 is 2.65 bits per heavy atom. The lowest BCUT2D eigenvalue weighted by molar-refractivity contribution is 0.394. The maximum Gasteiger partial charge on any atom is 0.232 e. The zero-order chi connectivity index (χ0) is 12.3. The Bertz CT molecular complexity index is 534. The first-order valence-corrected chi connectivity index (χ1v) is 6.37. The smallest absolute Gasteiger partial charge is 0.232 e. The van der Waals surface area contributed by atoms with Gasteiger partial charge in [-0.1, -0.05) is 12.1 Å². The first-order valence-electron chi connectivity index (χ1n) is 4.79. The molecule has 1 aromatic carbocycles. The first-order chi connectivity index (χ1) is 8.20. The van der Waals surface area contributed by atoms with Crippen molar-refractivity contribution in [1.29, 1.82) is 0 Å². The van der Waals surface area contributed by atoms with Gasteiger partial charge in [-0.05, 0) is 44.0 Å². The first kappa shape index (κ1) is 12.3. The van der Waals surface area contributed by atoms with Gasteiger partial charge in [0.1, 0.15) is 0 Å². The third kappa shape index (κ3) is 2.95. The minimum atomic E-state index is 0.483. The number of anilines is 2. The van der Waals surface area contributed by atoms with Gasteiger partial charge in [0.2, 0.25) is 11.8 Å². The van der Waals surface area contributed by atoms with Crippen LogP contribution in [0.25, 0.3) is 0 Å². The summed E-state index contributed by atoms with van der Waals surface area (Å²) < 4.78 is 6.77. The number of methoxy groups -OCH3 is 1. The molecule has 1 N–H and O–H groups in total. The lowest BCUT2D eigenvalue weighted by Gasteiger charge is -2.08. The summed E-state index contributed by atoms with van der Waals surface area (Å²) in [5, 5.41) is 3.10. The van der Waals surface area contributed by atoms with Crippen molar-refractivity contribution in [3.8, 4) is 5.88 Å². The molecule has 0 fully saturated rings. The van der Waals surface area contributed by atoms with Crippen LogP contribution in [0.15, 0.2) is 39.4 Å². The summed E-state index contributed by atoms with van der Waals surface area (Å²) in [5.74, 6) is 0.978. The Hall–Kier alpha value is -1.14. The Kier molecular flexibility index (Phi) is 3.96. The number of rotatable bonds is 3.